The summed E-state index contributed by atoms with van der Waals surface area (Å²) in [6.07, 6.45) is 0.826. The maximum absolute atomic E-state index is 6.44. The van der Waals surface area contributed by atoms with Gasteiger partial charge in [-0.15, -0.1) is 0 Å². The maximum Gasteiger partial charge on any atom is 0.161 e. The van der Waals surface area contributed by atoms with Crippen molar-refractivity contribution in [3.8, 4) is 22.6 Å². The molecule has 0 aliphatic heterocycles. The van der Waals surface area contributed by atoms with E-state index in [1.54, 1.807) is 14.2 Å². The highest BCUT2D eigenvalue weighted by atomic mass is 32.1. The van der Waals surface area contributed by atoms with E-state index in [1.165, 1.54) is 32.7 Å². The molecule has 0 saturated carbocycles. The van der Waals surface area contributed by atoms with Crippen LogP contribution in [0.4, 0.5) is 0 Å². The molecule has 0 spiro atoms. The topological polar surface area (TPSA) is 69.4 Å². The average molecular weight is 434 g/mol. The van der Waals surface area contributed by atoms with E-state index in [1.807, 2.05) is 24.3 Å². The molecule has 1 unspecified atom stereocenters. The molecule has 0 fully saturated rings. The van der Waals surface area contributed by atoms with Gasteiger partial charge in [-0.25, -0.2) is 0 Å². The lowest BCUT2D eigenvalue weighted by Crippen LogP contribution is -2.21. The first kappa shape index (κ1) is 21.3. The monoisotopic (exact) mass is 433 g/mol. The van der Waals surface area contributed by atoms with Crippen LogP contribution >= 0.6 is 11.5 Å². The van der Waals surface area contributed by atoms with E-state index in [0.717, 1.165) is 42.3 Å². The van der Waals surface area contributed by atoms with Crippen molar-refractivity contribution in [1.29, 1.82) is 0 Å². The quantitative estimate of drug-likeness (QED) is 0.357. The van der Waals surface area contributed by atoms with E-state index < -0.39 is 0 Å². The molecule has 0 saturated heterocycles. The van der Waals surface area contributed by atoms with Gasteiger partial charge >= 0.3 is 0 Å². The molecule has 3 N–H and O–H groups in total. The van der Waals surface area contributed by atoms with Gasteiger partial charge in [0.05, 0.1) is 24.6 Å². The summed E-state index contributed by atoms with van der Waals surface area (Å²) in [5, 5.41) is 4.71. The molecular formula is C25H27N3O2S. The second-order valence-electron chi connectivity index (χ2n) is 7.36. The van der Waals surface area contributed by atoms with Crippen LogP contribution in [0.2, 0.25) is 0 Å². The van der Waals surface area contributed by atoms with Gasteiger partial charge in [-0.1, -0.05) is 48.5 Å². The van der Waals surface area contributed by atoms with Crippen LogP contribution in [0.1, 0.15) is 23.7 Å². The fourth-order valence-electron chi connectivity index (χ4n) is 3.75. The number of nitrogens with one attached hydrogen (secondary N) is 1. The largest absolute Gasteiger partial charge is 0.493 e. The molecule has 4 rings (SSSR count). The lowest BCUT2D eigenvalue weighted by molar-refractivity contribution is 0.355. The van der Waals surface area contributed by atoms with E-state index in [2.05, 4.69) is 52.2 Å². The Morgan fingerprint density at radius 3 is 2.58 bits per heavy atom. The molecule has 4 aromatic rings. The number of rotatable bonds is 9. The molecular weight excluding hydrogens is 406 g/mol. The van der Waals surface area contributed by atoms with Crippen molar-refractivity contribution in [2.24, 2.45) is 5.73 Å². The van der Waals surface area contributed by atoms with Gasteiger partial charge in [0.2, 0.25) is 0 Å². The SMILES string of the molecule is COc1ccc(-c2ccccc2CNCCC(N)c2nsc3ccccc23)cc1OC. The molecule has 160 valence electrons. The van der Waals surface area contributed by atoms with Gasteiger partial charge in [-0.3, -0.25) is 0 Å². The van der Waals surface area contributed by atoms with Gasteiger partial charge in [0.25, 0.3) is 0 Å². The zero-order chi connectivity index (χ0) is 21.6. The normalized spacial score (nSPS) is 12.1. The smallest absolute Gasteiger partial charge is 0.161 e. The first-order chi connectivity index (χ1) is 15.2. The second-order valence-corrected chi connectivity index (χ2v) is 8.17. The summed E-state index contributed by atoms with van der Waals surface area (Å²) in [7, 11) is 3.30. The maximum atomic E-state index is 6.44. The standard InChI is InChI=1S/C25H27N3O2S/c1-29-22-12-11-17(15-23(22)30-2)19-8-4-3-7-18(19)16-27-14-13-21(26)25-20-9-5-6-10-24(20)31-28-25/h3-12,15,21,27H,13-14,16,26H2,1-2H3. The minimum absolute atomic E-state index is 0.0789. The van der Waals surface area contributed by atoms with Crippen molar-refractivity contribution in [1.82, 2.24) is 9.69 Å². The van der Waals surface area contributed by atoms with Crippen molar-refractivity contribution in [3.05, 3.63) is 78.0 Å². The zero-order valence-corrected chi connectivity index (χ0v) is 18.6. The molecule has 0 aliphatic carbocycles. The summed E-state index contributed by atoms with van der Waals surface area (Å²) in [5.74, 6) is 1.45. The van der Waals surface area contributed by atoms with E-state index >= 15 is 0 Å². The Hall–Kier alpha value is -2.93. The molecule has 31 heavy (non-hydrogen) atoms. The summed E-state index contributed by atoms with van der Waals surface area (Å²) in [5.41, 5.74) is 10.9. The van der Waals surface area contributed by atoms with Crippen LogP contribution < -0.4 is 20.5 Å². The molecule has 0 bridgehead atoms. The molecule has 3 aromatic carbocycles. The Labute approximate surface area is 187 Å². The lowest BCUT2D eigenvalue weighted by Gasteiger charge is -2.14. The third-order valence-electron chi connectivity index (χ3n) is 5.42. The van der Waals surface area contributed by atoms with Gasteiger partial charge < -0.3 is 20.5 Å². The molecule has 1 atom stereocenters. The van der Waals surface area contributed by atoms with E-state index in [0.29, 0.717) is 0 Å². The molecule has 0 aliphatic rings. The van der Waals surface area contributed by atoms with Crippen LogP contribution in [-0.2, 0) is 6.54 Å². The molecule has 5 nitrogen and oxygen atoms in total. The van der Waals surface area contributed by atoms with Gasteiger partial charge in [0.1, 0.15) is 0 Å². The van der Waals surface area contributed by atoms with Crippen LogP contribution in [-0.4, -0.2) is 25.1 Å². The second kappa shape index (κ2) is 9.92. The predicted molar refractivity (Wildman–Crippen MR) is 128 cm³/mol. The van der Waals surface area contributed by atoms with E-state index in [9.17, 15) is 0 Å². The number of nitrogens with two attached hydrogens (primary N) is 1. The van der Waals surface area contributed by atoms with Gasteiger partial charge in [0.15, 0.2) is 11.5 Å². The van der Waals surface area contributed by atoms with E-state index in [-0.39, 0.29) is 6.04 Å². The highest BCUT2D eigenvalue weighted by Gasteiger charge is 2.14. The van der Waals surface area contributed by atoms with Crippen molar-refractivity contribution < 1.29 is 9.47 Å². The Morgan fingerprint density at radius 1 is 0.968 bits per heavy atom. The summed E-state index contributed by atoms with van der Waals surface area (Å²) in [6.45, 7) is 1.57. The molecule has 0 amide bonds. The minimum atomic E-state index is -0.0789. The number of fused-ring (bicyclic) bond motifs is 1. The highest BCUT2D eigenvalue weighted by Crippen LogP contribution is 2.33. The van der Waals surface area contributed by atoms with Crippen LogP contribution in [0, 0.1) is 0 Å². The summed E-state index contributed by atoms with van der Waals surface area (Å²) in [4.78, 5) is 0. The first-order valence-corrected chi connectivity index (χ1v) is 11.1. The Bertz CT molecular complexity index is 1160. The highest BCUT2D eigenvalue weighted by molar-refractivity contribution is 7.13. The van der Waals surface area contributed by atoms with Crippen LogP contribution in [0.25, 0.3) is 21.2 Å². The molecule has 1 aromatic heterocycles. The van der Waals surface area contributed by atoms with Crippen molar-refractivity contribution in [2.75, 3.05) is 20.8 Å². The van der Waals surface area contributed by atoms with Crippen molar-refractivity contribution in [2.45, 2.75) is 19.0 Å². The number of hydrogen-bond donors (Lipinski definition) is 2. The molecule has 1 heterocycles. The first-order valence-electron chi connectivity index (χ1n) is 10.3. The number of benzene rings is 3. The summed E-state index contributed by atoms with van der Waals surface area (Å²) < 4.78 is 16.6. The zero-order valence-electron chi connectivity index (χ0n) is 17.8. The van der Waals surface area contributed by atoms with Gasteiger partial charge in [0, 0.05) is 18.0 Å². The summed E-state index contributed by atoms with van der Waals surface area (Å²) in [6, 6.07) is 22.6. The Balaban J connectivity index is 1.41. The predicted octanol–water partition coefficient (Wildman–Crippen LogP) is 5.16. The Morgan fingerprint density at radius 2 is 1.74 bits per heavy atom. The van der Waals surface area contributed by atoms with Crippen LogP contribution in [0.15, 0.2) is 66.7 Å². The number of hydrogen-bond acceptors (Lipinski definition) is 6. The number of methoxy groups -OCH3 is 2. The lowest BCUT2D eigenvalue weighted by atomic mass is 9.99. The van der Waals surface area contributed by atoms with Crippen molar-refractivity contribution in [3.63, 3.8) is 0 Å². The molecule has 6 heteroatoms. The Kier molecular flexibility index (Phi) is 6.82. The van der Waals surface area contributed by atoms with Gasteiger partial charge in [-0.2, -0.15) is 4.37 Å². The number of aromatic nitrogens is 1. The van der Waals surface area contributed by atoms with E-state index in [4.69, 9.17) is 15.2 Å². The number of nitrogens with zero attached hydrogens (tertiary/aromatic N) is 1. The third kappa shape index (κ3) is 4.71. The van der Waals surface area contributed by atoms with Crippen LogP contribution in [0.3, 0.4) is 0 Å². The fraction of sp³-hybridized carbons (Fsp3) is 0.240. The van der Waals surface area contributed by atoms with Crippen LogP contribution in [0.5, 0.6) is 11.5 Å². The van der Waals surface area contributed by atoms with Gasteiger partial charge in [-0.05, 0) is 59.4 Å². The minimum Gasteiger partial charge on any atom is -0.493 e. The summed E-state index contributed by atoms with van der Waals surface area (Å²) >= 11 is 1.51. The van der Waals surface area contributed by atoms with Crippen molar-refractivity contribution >= 4 is 21.6 Å². The third-order valence-corrected chi connectivity index (χ3v) is 6.26. The molecule has 0 radical (unpaired) electrons. The number of ether oxygens (including phenoxy) is 2. The fourth-order valence-corrected chi connectivity index (χ4v) is 4.59. The average Bonchev–Trinajstić information content (AvgIpc) is 3.26.